The Balaban J connectivity index is 2.04. The fourth-order valence-electron chi connectivity index (χ4n) is 1.67. The van der Waals surface area contributed by atoms with E-state index in [0.717, 1.165) is 6.54 Å². The minimum absolute atomic E-state index is 0.160. The SMILES string of the molecule is CC(C)Cn1ncnc1COc1ccc(N)cc1F. The van der Waals surface area contributed by atoms with Gasteiger partial charge in [0.2, 0.25) is 0 Å². The van der Waals surface area contributed by atoms with E-state index in [0.29, 0.717) is 17.4 Å². The zero-order valence-electron chi connectivity index (χ0n) is 11.0. The third kappa shape index (κ3) is 3.43. The Labute approximate surface area is 111 Å². The predicted molar refractivity (Wildman–Crippen MR) is 70.0 cm³/mol. The van der Waals surface area contributed by atoms with Gasteiger partial charge in [-0.05, 0) is 18.1 Å². The van der Waals surface area contributed by atoms with Crippen LogP contribution in [-0.2, 0) is 13.2 Å². The maximum atomic E-state index is 13.5. The van der Waals surface area contributed by atoms with Gasteiger partial charge in [0, 0.05) is 18.3 Å². The molecule has 0 radical (unpaired) electrons. The summed E-state index contributed by atoms with van der Waals surface area (Å²) in [5, 5.41) is 4.12. The maximum Gasteiger partial charge on any atom is 0.167 e. The first kappa shape index (κ1) is 13.3. The average molecular weight is 264 g/mol. The van der Waals surface area contributed by atoms with Crippen molar-refractivity contribution in [1.29, 1.82) is 0 Å². The number of hydrogen-bond acceptors (Lipinski definition) is 4. The first-order valence-electron chi connectivity index (χ1n) is 6.10. The lowest BCUT2D eigenvalue weighted by Gasteiger charge is -2.10. The van der Waals surface area contributed by atoms with E-state index >= 15 is 0 Å². The molecule has 19 heavy (non-hydrogen) atoms. The van der Waals surface area contributed by atoms with Crippen molar-refractivity contribution in [1.82, 2.24) is 14.8 Å². The fraction of sp³-hybridized carbons (Fsp3) is 0.385. The molecule has 1 heterocycles. The summed E-state index contributed by atoms with van der Waals surface area (Å²) in [6.07, 6.45) is 1.47. The molecule has 0 unspecified atom stereocenters. The van der Waals surface area contributed by atoms with E-state index in [2.05, 4.69) is 23.9 Å². The largest absolute Gasteiger partial charge is 0.483 e. The molecule has 1 aromatic heterocycles. The van der Waals surface area contributed by atoms with Crippen LogP contribution in [0.2, 0.25) is 0 Å². The molecule has 5 nitrogen and oxygen atoms in total. The molecule has 102 valence electrons. The molecule has 0 aliphatic carbocycles. The summed E-state index contributed by atoms with van der Waals surface area (Å²) in [5.41, 5.74) is 5.84. The van der Waals surface area contributed by atoms with Crippen LogP contribution in [-0.4, -0.2) is 14.8 Å². The number of benzene rings is 1. The van der Waals surface area contributed by atoms with Gasteiger partial charge in [-0.3, -0.25) is 0 Å². The number of nitrogens with two attached hydrogens (primary N) is 1. The maximum absolute atomic E-state index is 13.5. The summed E-state index contributed by atoms with van der Waals surface area (Å²) >= 11 is 0. The number of aromatic nitrogens is 3. The number of anilines is 1. The number of halogens is 1. The highest BCUT2D eigenvalue weighted by atomic mass is 19.1. The van der Waals surface area contributed by atoms with E-state index < -0.39 is 5.82 Å². The Hall–Kier alpha value is -2.11. The van der Waals surface area contributed by atoms with Crippen molar-refractivity contribution in [3.8, 4) is 5.75 Å². The van der Waals surface area contributed by atoms with Crippen LogP contribution in [0.1, 0.15) is 19.7 Å². The first-order valence-corrected chi connectivity index (χ1v) is 6.10. The molecule has 0 aliphatic heterocycles. The summed E-state index contributed by atoms with van der Waals surface area (Å²) in [4.78, 5) is 4.11. The molecule has 0 amide bonds. The molecule has 0 bridgehead atoms. The molecular weight excluding hydrogens is 247 g/mol. The zero-order chi connectivity index (χ0) is 13.8. The van der Waals surface area contributed by atoms with Crippen LogP contribution in [0.4, 0.5) is 10.1 Å². The summed E-state index contributed by atoms with van der Waals surface area (Å²) < 4.78 is 20.7. The van der Waals surface area contributed by atoms with Crippen LogP contribution in [0.3, 0.4) is 0 Å². The molecule has 2 aromatic rings. The second-order valence-corrected chi connectivity index (χ2v) is 4.73. The molecule has 6 heteroatoms. The number of rotatable bonds is 5. The molecule has 0 saturated carbocycles. The quantitative estimate of drug-likeness (QED) is 0.841. The first-order chi connectivity index (χ1) is 9.06. The Bertz CT molecular complexity index is 553. The third-order valence-corrected chi connectivity index (χ3v) is 2.55. The number of ether oxygens (including phenoxy) is 1. The van der Waals surface area contributed by atoms with E-state index in [1.807, 2.05) is 0 Å². The minimum atomic E-state index is -0.477. The van der Waals surface area contributed by atoms with E-state index in [1.54, 1.807) is 10.7 Å². The van der Waals surface area contributed by atoms with Crippen molar-refractivity contribution in [3.63, 3.8) is 0 Å². The number of nitrogens with zero attached hydrogens (tertiary/aromatic N) is 3. The summed E-state index contributed by atoms with van der Waals surface area (Å²) in [6.45, 7) is 5.11. The van der Waals surface area contributed by atoms with Crippen molar-refractivity contribution in [2.24, 2.45) is 5.92 Å². The highest BCUT2D eigenvalue weighted by molar-refractivity contribution is 5.42. The van der Waals surface area contributed by atoms with Crippen molar-refractivity contribution < 1.29 is 9.13 Å². The molecular formula is C13H17FN4O. The lowest BCUT2D eigenvalue weighted by molar-refractivity contribution is 0.270. The fourth-order valence-corrected chi connectivity index (χ4v) is 1.67. The van der Waals surface area contributed by atoms with Gasteiger partial charge in [0.1, 0.15) is 12.9 Å². The number of nitrogen functional groups attached to an aromatic ring is 1. The van der Waals surface area contributed by atoms with Crippen LogP contribution in [0.5, 0.6) is 5.75 Å². The van der Waals surface area contributed by atoms with Gasteiger partial charge in [-0.2, -0.15) is 5.10 Å². The summed E-state index contributed by atoms with van der Waals surface area (Å²) in [7, 11) is 0. The summed E-state index contributed by atoms with van der Waals surface area (Å²) in [6, 6.07) is 4.33. The highest BCUT2D eigenvalue weighted by Gasteiger charge is 2.09. The minimum Gasteiger partial charge on any atom is -0.483 e. The standard InChI is InChI=1S/C13H17FN4O/c1-9(2)6-18-13(16-8-17-18)7-19-12-4-3-10(15)5-11(12)14/h3-5,8-9H,6-7,15H2,1-2H3. The molecule has 1 aromatic carbocycles. The highest BCUT2D eigenvalue weighted by Crippen LogP contribution is 2.20. The van der Waals surface area contributed by atoms with E-state index in [1.165, 1.54) is 18.5 Å². The van der Waals surface area contributed by atoms with Gasteiger partial charge in [0.25, 0.3) is 0 Å². The molecule has 2 N–H and O–H groups in total. The molecule has 0 atom stereocenters. The van der Waals surface area contributed by atoms with Gasteiger partial charge in [-0.25, -0.2) is 14.1 Å². The second-order valence-electron chi connectivity index (χ2n) is 4.73. The van der Waals surface area contributed by atoms with Crippen molar-refractivity contribution in [2.45, 2.75) is 27.0 Å². The van der Waals surface area contributed by atoms with Crippen molar-refractivity contribution in [3.05, 3.63) is 36.2 Å². The van der Waals surface area contributed by atoms with Gasteiger partial charge in [0.05, 0.1) is 0 Å². The van der Waals surface area contributed by atoms with Gasteiger partial charge in [0.15, 0.2) is 17.4 Å². The van der Waals surface area contributed by atoms with Gasteiger partial charge in [-0.1, -0.05) is 13.8 Å². The Morgan fingerprint density at radius 3 is 2.89 bits per heavy atom. The van der Waals surface area contributed by atoms with Crippen LogP contribution in [0.25, 0.3) is 0 Å². The topological polar surface area (TPSA) is 66.0 Å². The normalized spacial score (nSPS) is 10.9. The van der Waals surface area contributed by atoms with Crippen LogP contribution < -0.4 is 10.5 Å². The molecule has 0 aliphatic rings. The van der Waals surface area contributed by atoms with Crippen LogP contribution >= 0.6 is 0 Å². The van der Waals surface area contributed by atoms with Crippen molar-refractivity contribution in [2.75, 3.05) is 5.73 Å². The molecule has 0 spiro atoms. The van der Waals surface area contributed by atoms with Crippen molar-refractivity contribution >= 4 is 5.69 Å². The summed E-state index contributed by atoms with van der Waals surface area (Å²) in [5.74, 6) is 0.807. The Morgan fingerprint density at radius 1 is 1.42 bits per heavy atom. The monoisotopic (exact) mass is 264 g/mol. The number of hydrogen-bond donors (Lipinski definition) is 1. The molecule has 0 fully saturated rings. The smallest absolute Gasteiger partial charge is 0.167 e. The lowest BCUT2D eigenvalue weighted by Crippen LogP contribution is -2.12. The van der Waals surface area contributed by atoms with E-state index in [9.17, 15) is 4.39 Å². The average Bonchev–Trinajstić information content (AvgIpc) is 2.74. The Kier molecular flexibility index (Phi) is 3.99. The van der Waals surface area contributed by atoms with Crippen LogP contribution in [0.15, 0.2) is 24.5 Å². The third-order valence-electron chi connectivity index (χ3n) is 2.55. The van der Waals surface area contributed by atoms with Gasteiger partial charge >= 0.3 is 0 Å². The molecule has 2 rings (SSSR count). The second kappa shape index (κ2) is 5.69. The molecule has 0 saturated heterocycles. The van der Waals surface area contributed by atoms with Gasteiger partial charge in [-0.15, -0.1) is 0 Å². The lowest BCUT2D eigenvalue weighted by atomic mass is 10.2. The Morgan fingerprint density at radius 2 is 2.21 bits per heavy atom. The van der Waals surface area contributed by atoms with Gasteiger partial charge < -0.3 is 10.5 Å². The van der Waals surface area contributed by atoms with Crippen LogP contribution in [0, 0.1) is 11.7 Å². The predicted octanol–water partition coefficient (Wildman–Crippen LogP) is 2.23. The zero-order valence-corrected chi connectivity index (χ0v) is 11.0. The van der Waals surface area contributed by atoms with E-state index in [4.69, 9.17) is 10.5 Å². The van der Waals surface area contributed by atoms with E-state index in [-0.39, 0.29) is 12.4 Å².